The SMILES string of the molecule is COc1c(Cl)ccc2[nH]c(C(=O)N3C[C@@H]4CCC[C@@H]4[C@H]3C(=O)N[C@@H](C[C@@H]3CCNC3=O)C(=O)CO)cc12. The second kappa shape index (κ2) is 10.3. The first-order valence-corrected chi connectivity index (χ1v) is 13.1. The number of nitrogens with zero attached hydrogens (tertiary/aromatic N) is 1. The molecule has 1 aliphatic carbocycles. The molecule has 1 saturated carbocycles. The number of aliphatic hydroxyl groups is 1. The Morgan fingerprint density at radius 3 is 2.78 bits per heavy atom. The molecule has 1 aromatic heterocycles. The molecule has 0 radical (unpaired) electrons. The van der Waals surface area contributed by atoms with Crippen LogP contribution >= 0.6 is 11.6 Å². The average molecular weight is 531 g/mol. The molecule has 11 heteroatoms. The number of halogens is 1. The molecule has 3 aliphatic rings. The fourth-order valence-corrected chi connectivity index (χ4v) is 6.51. The number of methoxy groups -OCH3 is 1. The molecule has 10 nitrogen and oxygen atoms in total. The molecule has 3 amide bonds. The number of fused-ring (bicyclic) bond motifs is 2. The second-order valence-corrected chi connectivity index (χ2v) is 10.6. The van der Waals surface area contributed by atoms with E-state index >= 15 is 0 Å². The van der Waals surface area contributed by atoms with Gasteiger partial charge in [-0.3, -0.25) is 19.2 Å². The topological polar surface area (TPSA) is 141 Å². The average Bonchev–Trinajstić information content (AvgIpc) is 3.66. The van der Waals surface area contributed by atoms with E-state index in [1.807, 2.05) is 0 Å². The molecule has 2 saturated heterocycles. The van der Waals surface area contributed by atoms with E-state index in [1.54, 1.807) is 23.1 Å². The first kappa shape index (κ1) is 25.5. The molecular formula is C26H31ClN4O6. The summed E-state index contributed by atoms with van der Waals surface area (Å²) in [5.74, 6) is -1.22. The minimum atomic E-state index is -0.997. The van der Waals surface area contributed by atoms with Crippen LogP contribution in [0.3, 0.4) is 0 Å². The number of aromatic nitrogens is 1. The summed E-state index contributed by atoms with van der Waals surface area (Å²) in [6.07, 6.45) is 3.40. The number of Topliss-reactive ketones (excluding diaryl/α,β-unsaturated/α-hetero) is 1. The molecule has 5 rings (SSSR count). The molecule has 37 heavy (non-hydrogen) atoms. The van der Waals surface area contributed by atoms with Crippen molar-refractivity contribution in [1.82, 2.24) is 20.5 Å². The van der Waals surface area contributed by atoms with Crippen molar-refractivity contribution in [3.8, 4) is 5.75 Å². The van der Waals surface area contributed by atoms with Crippen LogP contribution in [0.5, 0.6) is 5.75 Å². The number of hydrogen-bond acceptors (Lipinski definition) is 6. The molecule has 2 aliphatic heterocycles. The van der Waals surface area contributed by atoms with E-state index in [0.29, 0.717) is 46.9 Å². The maximum atomic E-state index is 13.7. The lowest BCUT2D eigenvalue weighted by Crippen LogP contribution is -2.53. The van der Waals surface area contributed by atoms with Crippen LogP contribution < -0.4 is 15.4 Å². The lowest BCUT2D eigenvalue weighted by molar-refractivity contribution is -0.133. The minimum Gasteiger partial charge on any atom is -0.494 e. The summed E-state index contributed by atoms with van der Waals surface area (Å²) in [4.78, 5) is 56.7. The number of ketones is 1. The Bertz CT molecular complexity index is 1250. The molecule has 1 aromatic carbocycles. The number of carbonyl (C=O) groups excluding carboxylic acids is 4. The van der Waals surface area contributed by atoms with Gasteiger partial charge in [0, 0.05) is 29.9 Å². The Kier molecular flexibility index (Phi) is 7.13. The maximum absolute atomic E-state index is 13.7. The first-order valence-electron chi connectivity index (χ1n) is 12.7. The first-order chi connectivity index (χ1) is 17.8. The van der Waals surface area contributed by atoms with Gasteiger partial charge >= 0.3 is 0 Å². The van der Waals surface area contributed by atoms with E-state index in [9.17, 15) is 24.3 Å². The normalized spacial score (nSPS) is 25.7. The highest BCUT2D eigenvalue weighted by Crippen LogP contribution is 2.43. The van der Waals surface area contributed by atoms with Gasteiger partial charge in [0.2, 0.25) is 11.8 Å². The third-order valence-electron chi connectivity index (χ3n) is 8.10. The van der Waals surface area contributed by atoms with Crippen molar-refractivity contribution in [1.29, 1.82) is 0 Å². The number of aliphatic hydroxyl groups excluding tert-OH is 1. The smallest absolute Gasteiger partial charge is 0.271 e. The maximum Gasteiger partial charge on any atom is 0.271 e. The summed E-state index contributed by atoms with van der Waals surface area (Å²) in [6, 6.07) is 3.39. The lowest BCUT2D eigenvalue weighted by Gasteiger charge is -2.29. The van der Waals surface area contributed by atoms with Crippen molar-refractivity contribution in [3.63, 3.8) is 0 Å². The van der Waals surface area contributed by atoms with E-state index in [0.717, 1.165) is 19.3 Å². The fraction of sp³-hybridized carbons (Fsp3) is 0.538. The quantitative estimate of drug-likeness (QED) is 0.409. The number of nitrogens with one attached hydrogen (secondary N) is 3. The van der Waals surface area contributed by atoms with Gasteiger partial charge in [-0.1, -0.05) is 18.0 Å². The largest absolute Gasteiger partial charge is 0.494 e. The van der Waals surface area contributed by atoms with E-state index in [-0.39, 0.29) is 30.1 Å². The van der Waals surface area contributed by atoms with Crippen LogP contribution in [0.4, 0.5) is 0 Å². The van der Waals surface area contributed by atoms with E-state index in [2.05, 4.69) is 15.6 Å². The van der Waals surface area contributed by atoms with E-state index in [4.69, 9.17) is 16.3 Å². The van der Waals surface area contributed by atoms with Crippen LogP contribution in [-0.4, -0.2) is 77.4 Å². The highest BCUT2D eigenvalue weighted by Gasteiger charge is 2.50. The predicted molar refractivity (Wildman–Crippen MR) is 135 cm³/mol. The van der Waals surface area contributed by atoms with Crippen molar-refractivity contribution in [2.24, 2.45) is 17.8 Å². The summed E-state index contributed by atoms with van der Waals surface area (Å²) < 4.78 is 5.41. The highest BCUT2D eigenvalue weighted by molar-refractivity contribution is 6.33. The summed E-state index contributed by atoms with van der Waals surface area (Å²) in [5.41, 5.74) is 1.01. The number of benzene rings is 1. The number of ether oxygens (including phenoxy) is 1. The number of H-pyrrole nitrogens is 1. The predicted octanol–water partition coefficient (Wildman–Crippen LogP) is 1.64. The molecule has 2 aromatic rings. The van der Waals surface area contributed by atoms with Crippen molar-refractivity contribution >= 4 is 46.0 Å². The molecular weight excluding hydrogens is 500 g/mol. The molecule has 3 heterocycles. The van der Waals surface area contributed by atoms with Gasteiger partial charge in [0.1, 0.15) is 24.1 Å². The Hall–Kier alpha value is -3.11. The standard InChI is InChI=1S/C26H31ClN4O6/c1-37-23-16-10-20(29-18(16)6-5-17(23)27)26(36)31-11-14-3-2-4-15(14)22(31)25(35)30-19(21(33)12-32)9-13-7-8-28-24(13)34/h5-6,10,13-15,19,22,29,32H,2-4,7-9,11-12H2,1H3,(H,28,34)(H,30,35)/t13-,14-,15-,19-,22-/m0/s1. The summed E-state index contributed by atoms with van der Waals surface area (Å²) in [6.45, 7) is 0.225. The fourth-order valence-electron chi connectivity index (χ4n) is 6.27. The molecule has 3 fully saturated rings. The molecule has 4 N–H and O–H groups in total. The zero-order valence-corrected chi connectivity index (χ0v) is 21.3. The van der Waals surface area contributed by atoms with E-state index in [1.165, 1.54) is 7.11 Å². The van der Waals surface area contributed by atoms with Gasteiger partial charge in [-0.05, 0) is 55.7 Å². The second-order valence-electron chi connectivity index (χ2n) is 10.2. The molecule has 0 bridgehead atoms. The van der Waals surface area contributed by atoms with Gasteiger partial charge in [-0.2, -0.15) is 0 Å². The zero-order valence-electron chi connectivity index (χ0n) is 20.6. The van der Waals surface area contributed by atoms with Crippen molar-refractivity contribution in [2.45, 2.75) is 44.2 Å². The molecule has 5 atom stereocenters. The molecule has 198 valence electrons. The molecule has 0 spiro atoms. The van der Waals surface area contributed by atoms with Gasteiger partial charge in [0.25, 0.3) is 5.91 Å². The van der Waals surface area contributed by atoms with Crippen LogP contribution in [0.15, 0.2) is 18.2 Å². The van der Waals surface area contributed by atoms with Gasteiger partial charge in [-0.15, -0.1) is 0 Å². The number of aromatic amines is 1. The third kappa shape index (κ3) is 4.68. The van der Waals surface area contributed by atoms with Crippen LogP contribution in [0.25, 0.3) is 10.9 Å². The Balaban J connectivity index is 1.40. The van der Waals surface area contributed by atoms with Gasteiger partial charge in [-0.25, -0.2) is 0 Å². The monoisotopic (exact) mass is 530 g/mol. The van der Waals surface area contributed by atoms with Gasteiger partial charge in [0.05, 0.1) is 18.2 Å². The highest BCUT2D eigenvalue weighted by atomic mass is 35.5. The van der Waals surface area contributed by atoms with Crippen molar-refractivity contribution < 1.29 is 29.0 Å². The van der Waals surface area contributed by atoms with Gasteiger partial charge in [0.15, 0.2) is 5.78 Å². The zero-order chi connectivity index (χ0) is 26.3. The van der Waals surface area contributed by atoms with Crippen LogP contribution in [0.2, 0.25) is 5.02 Å². The van der Waals surface area contributed by atoms with E-state index < -0.39 is 36.3 Å². The number of rotatable bonds is 8. The summed E-state index contributed by atoms with van der Waals surface area (Å²) in [5, 5.41) is 16.1. The van der Waals surface area contributed by atoms with Crippen molar-refractivity contribution in [3.05, 3.63) is 28.9 Å². The Labute approximate surface area is 219 Å². The summed E-state index contributed by atoms with van der Waals surface area (Å²) in [7, 11) is 1.51. The van der Waals surface area contributed by atoms with Crippen LogP contribution in [0.1, 0.15) is 42.6 Å². The number of amides is 3. The lowest BCUT2D eigenvalue weighted by atomic mass is 9.92. The number of hydrogen-bond donors (Lipinski definition) is 4. The number of likely N-dealkylation sites (tertiary alicyclic amines) is 1. The third-order valence-corrected chi connectivity index (χ3v) is 8.40. The number of carbonyl (C=O) groups is 4. The Morgan fingerprint density at radius 2 is 2.08 bits per heavy atom. The Morgan fingerprint density at radius 1 is 1.27 bits per heavy atom. The van der Waals surface area contributed by atoms with Gasteiger partial charge < -0.3 is 30.4 Å². The van der Waals surface area contributed by atoms with Crippen LogP contribution in [0, 0.1) is 17.8 Å². The summed E-state index contributed by atoms with van der Waals surface area (Å²) >= 11 is 6.25. The molecule has 0 unspecified atom stereocenters. The minimum absolute atomic E-state index is 0.0167. The van der Waals surface area contributed by atoms with Crippen molar-refractivity contribution in [2.75, 3.05) is 26.8 Å². The van der Waals surface area contributed by atoms with Crippen LogP contribution in [-0.2, 0) is 14.4 Å².